The Labute approximate surface area is 133 Å². The molecule has 0 aliphatic carbocycles. The molecule has 1 unspecified atom stereocenters. The first kappa shape index (κ1) is 16.1. The smallest absolute Gasteiger partial charge is 0.128 e. The van der Waals surface area contributed by atoms with Crippen molar-refractivity contribution in [2.45, 2.75) is 26.3 Å². The molecule has 0 aliphatic rings. The molecule has 1 atom stereocenters. The van der Waals surface area contributed by atoms with E-state index in [0.717, 1.165) is 16.5 Å². The molecule has 0 saturated heterocycles. The zero-order valence-corrected chi connectivity index (χ0v) is 13.8. The zero-order valence-electron chi connectivity index (χ0n) is 12.2. The fraction of sp³-hybridized carbons (Fsp3) is 0.294. The Balaban J connectivity index is 2.39. The van der Waals surface area contributed by atoms with Gasteiger partial charge in [-0.05, 0) is 41.7 Å². The maximum atomic E-state index is 14.1. The van der Waals surface area contributed by atoms with Gasteiger partial charge in [0.05, 0.1) is 6.04 Å². The summed E-state index contributed by atoms with van der Waals surface area (Å²) in [6.07, 6.45) is 0.992. The van der Waals surface area contributed by atoms with E-state index in [0.29, 0.717) is 11.5 Å². The minimum Gasteiger partial charge on any atom is -0.271 e. The van der Waals surface area contributed by atoms with Crippen molar-refractivity contribution in [2.75, 3.05) is 0 Å². The van der Waals surface area contributed by atoms with Crippen molar-refractivity contribution < 1.29 is 4.39 Å². The number of hydrazine groups is 1. The number of rotatable bonds is 5. The summed E-state index contributed by atoms with van der Waals surface area (Å²) >= 11 is 3.38. The van der Waals surface area contributed by atoms with E-state index in [2.05, 4.69) is 47.3 Å². The highest BCUT2D eigenvalue weighted by Gasteiger charge is 2.17. The highest BCUT2D eigenvalue weighted by Crippen LogP contribution is 2.27. The molecule has 4 heteroatoms. The Morgan fingerprint density at radius 1 is 1.19 bits per heavy atom. The Kier molecular flexibility index (Phi) is 5.51. The monoisotopic (exact) mass is 350 g/mol. The zero-order chi connectivity index (χ0) is 15.4. The van der Waals surface area contributed by atoms with Crippen molar-refractivity contribution in [1.82, 2.24) is 5.43 Å². The molecule has 0 aromatic heterocycles. The molecule has 2 rings (SSSR count). The van der Waals surface area contributed by atoms with Gasteiger partial charge < -0.3 is 0 Å². The normalized spacial score (nSPS) is 12.7. The second-order valence-corrected chi connectivity index (χ2v) is 6.52. The summed E-state index contributed by atoms with van der Waals surface area (Å²) in [5.74, 6) is 5.98. The first-order valence-corrected chi connectivity index (χ1v) is 7.80. The van der Waals surface area contributed by atoms with Gasteiger partial charge in [0.25, 0.3) is 0 Å². The molecular weight excluding hydrogens is 331 g/mol. The third-order valence-corrected chi connectivity index (χ3v) is 3.86. The molecule has 2 aromatic rings. The van der Waals surface area contributed by atoms with Crippen LogP contribution in [0.25, 0.3) is 0 Å². The maximum absolute atomic E-state index is 14.1. The van der Waals surface area contributed by atoms with Gasteiger partial charge >= 0.3 is 0 Å². The fourth-order valence-electron chi connectivity index (χ4n) is 2.47. The number of halogens is 2. The van der Waals surface area contributed by atoms with Crippen molar-refractivity contribution in [1.29, 1.82) is 0 Å². The molecule has 0 saturated carbocycles. The van der Waals surface area contributed by atoms with E-state index in [-0.39, 0.29) is 11.9 Å². The number of hydrogen-bond acceptors (Lipinski definition) is 2. The van der Waals surface area contributed by atoms with Gasteiger partial charge in [-0.2, -0.15) is 0 Å². The lowest BCUT2D eigenvalue weighted by molar-refractivity contribution is 0.559. The Morgan fingerprint density at radius 2 is 1.95 bits per heavy atom. The van der Waals surface area contributed by atoms with Gasteiger partial charge in [-0.25, -0.2) is 9.82 Å². The van der Waals surface area contributed by atoms with Crippen LogP contribution in [-0.2, 0) is 6.42 Å². The van der Waals surface area contributed by atoms with Crippen LogP contribution >= 0.6 is 15.9 Å². The van der Waals surface area contributed by atoms with Crippen LogP contribution in [0.3, 0.4) is 0 Å². The van der Waals surface area contributed by atoms with Crippen LogP contribution in [0.4, 0.5) is 4.39 Å². The molecule has 0 bridgehead atoms. The van der Waals surface area contributed by atoms with Gasteiger partial charge in [0.2, 0.25) is 0 Å². The average Bonchev–Trinajstić information content (AvgIpc) is 2.43. The predicted octanol–water partition coefficient (Wildman–Crippen LogP) is 4.34. The second kappa shape index (κ2) is 7.16. The van der Waals surface area contributed by atoms with Crippen LogP contribution in [0.5, 0.6) is 0 Å². The van der Waals surface area contributed by atoms with E-state index >= 15 is 0 Å². The molecule has 0 radical (unpaired) electrons. The molecule has 0 spiro atoms. The van der Waals surface area contributed by atoms with Gasteiger partial charge in [-0.3, -0.25) is 5.84 Å². The Bertz CT molecular complexity index is 613. The SMILES string of the molecule is CC(C)Cc1cccc(C(NN)c2cc(Br)ccc2F)c1. The quantitative estimate of drug-likeness (QED) is 0.621. The molecule has 0 heterocycles. The molecular formula is C17H20BrFN2. The third kappa shape index (κ3) is 4.13. The van der Waals surface area contributed by atoms with Crippen LogP contribution in [0.15, 0.2) is 46.9 Å². The van der Waals surface area contributed by atoms with Gasteiger partial charge in [-0.15, -0.1) is 0 Å². The molecule has 3 N–H and O–H groups in total. The standard InChI is InChI=1S/C17H20BrFN2/c1-11(2)8-12-4-3-5-13(9-12)17(21-20)15-10-14(18)6-7-16(15)19/h3-7,9-11,17,21H,8,20H2,1-2H3. The van der Waals surface area contributed by atoms with Crippen molar-refractivity contribution in [3.8, 4) is 0 Å². The number of benzene rings is 2. The fourth-order valence-corrected chi connectivity index (χ4v) is 2.85. The minimum absolute atomic E-state index is 0.268. The molecule has 0 amide bonds. The second-order valence-electron chi connectivity index (χ2n) is 5.61. The molecule has 112 valence electrons. The molecule has 0 fully saturated rings. The van der Waals surface area contributed by atoms with Gasteiger partial charge in [0.15, 0.2) is 0 Å². The van der Waals surface area contributed by atoms with Crippen LogP contribution < -0.4 is 11.3 Å². The van der Waals surface area contributed by atoms with E-state index in [1.165, 1.54) is 11.6 Å². The number of nitrogens with two attached hydrogens (primary N) is 1. The van der Waals surface area contributed by atoms with Crippen LogP contribution in [-0.4, -0.2) is 0 Å². The van der Waals surface area contributed by atoms with Crippen LogP contribution in [0.1, 0.15) is 36.6 Å². The topological polar surface area (TPSA) is 38.0 Å². The van der Waals surface area contributed by atoms with E-state index in [4.69, 9.17) is 5.84 Å². The summed E-state index contributed by atoms with van der Waals surface area (Å²) in [5.41, 5.74) is 5.46. The summed E-state index contributed by atoms with van der Waals surface area (Å²) in [6.45, 7) is 4.36. The van der Waals surface area contributed by atoms with Gasteiger partial charge in [0.1, 0.15) is 5.82 Å². The van der Waals surface area contributed by atoms with E-state index in [1.54, 1.807) is 12.1 Å². The summed E-state index contributed by atoms with van der Waals surface area (Å²) in [5, 5.41) is 0. The summed E-state index contributed by atoms with van der Waals surface area (Å²) in [4.78, 5) is 0. The van der Waals surface area contributed by atoms with E-state index < -0.39 is 0 Å². The van der Waals surface area contributed by atoms with E-state index in [9.17, 15) is 4.39 Å². The third-order valence-electron chi connectivity index (χ3n) is 3.36. The summed E-state index contributed by atoms with van der Waals surface area (Å²) in [7, 11) is 0. The largest absolute Gasteiger partial charge is 0.271 e. The number of hydrogen-bond donors (Lipinski definition) is 2. The van der Waals surface area contributed by atoms with Crippen molar-refractivity contribution in [2.24, 2.45) is 11.8 Å². The van der Waals surface area contributed by atoms with E-state index in [1.807, 2.05) is 12.1 Å². The average molecular weight is 351 g/mol. The van der Waals surface area contributed by atoms with Crippen LogP contribution in [0.2, 0.25) is 0 Å². The lowest BCUT2D eigenvalue weighted by Crippen LogP contribution is -2.29. The Morgan fingerprint density at radius 3 is 2.62 bits per heavy atom. The lowest BCUT2D eigenvalue weighted by atomic mass is 9.94. The van der Waals surface area contributed by atoms with Gasteiger partial charge in [0, 0.05) is 10.0 Å². The number of nitrogens with one attached hydrogen (secondary N) is 1. The molecule has 0 aliphatic heterocycles. The predicted molar refractivity (Wildman–Crippen MR) is 88.3 cm³/mol. The summed E-state index contributed by atoms with van der Waals surface area (Å²) < 4.78 is 14.9. The highest BCUT2D eigenvalue weighted by molar-refractivity contribution is 9.10. The van der Waals surface area contributed by atoms with Crippen molar-refractivity contribution in [3.63, 3.8) is 0 Å². The molecule has 21 heavy (non-hydrogen) atoms. The maximum Gasteiger partial charge on any atom is 0.128 e. The Hall–Kier alpha value is -1.23. The summed E-state index contributed by atoms with van der Waals surface area (Å²) in [6, 6.07) is 12.7. The first-order valence-electron chi connectivity index (χ1n) is 7.01. The lowest BCUT2D eigenvalue weighted by Gasteiger charge is -2.19. The molecule has 2 aromatic carbocycles. The van der Waals surface area contributed by atoms with Crippen molar-refractivity contribution >= 4 is 15.9 Å². The minimum atomic E-state index is -0.366. The molecule has 2 nitrogen and oxygen atoms in total. The van der Waals surface area contributed by atoms with Crippen molar-refractivity contribution in [3.05, 3.63) is 69.4 Å². The highest BCUT2D eigenvalue weighted by atomic mass is 79.9. The first-order chi connectivity index (χ1) is 10.0. The van der Waals surface area contributed by atoms with Gasteiger partial charge in [-0.1, -0.05) is 54.0 Å². The van der Waals surface area contributed by atoms with Crippen LogP contribution in [0, 0.1) is 11.7 Å².